The topological polar surface area (TPSA) is 24.9 Å². The number of rotatable bonds is 5. The fraction of sp³-hybridized carbons (Fsp3) is 0.615. The van der Waals surface area contributed by atoms with Gasteiger partial charge in [0, 0.05) is 30.2 Å². The maximum absolute atomic E-state index is 6.08. The second-order valence-corrected chi connectivity index (χ2v) is 6.35. The molecule has 0 aliphatic heterocycles. The van der Waals surface area contributed by atoms with Crippen LogP contribution in [-0.4, -0.2) is 22.5 Å². The van der Waals surface area contributed by atoms with Crippen LogP contribution in [0.15, 0.2) is 18.5 Å². The van der Waals surface area contributed by atoms with E-state index in [2.05, 4.69) is 16.6 Å². The third-order valence-corrected chi connectivity index (χ3v) is 5.33. The van der Waals surface area contributed by atoms with Crippen LogP contribution in [0.3, 0.4) is 0 Å². The molecule has 2 rings (SSSR count). The Hall–Kier alpha value is -0.250. The van der Waals surface area contributed by atoms with Gasteiger partial charge in [-0.25, -0.2) is 0 Å². The number of halogens is 1. The van der Waals surface area contributed by atoms with Crippen molar-refractivity contribution in [3.05, 3.63) is 29.0 Å². The van der Waals surface area contributed by atoms with Crippen molar-refractivity contribution in [3.63, 3.8) is 0 Å². The molecule has 0 saturated heterocycles. The Morgan fingerprint density at radius 2 is 2.24 bits per heavy atom. The van der Waals surface area contributed by atoms with Crippen molar-refractivity contribution >= 4 is 23.4 Å². The summed E-state index contributed by atoms with van der Waals surface area (Å²) in [5.41, 5.74) is 1.14. The second kappa shape index (κ2) is 6.07. The molecule has 17 heavy (non-hydrogen) atoms. The van der Waals surface area contributed by atoms with Gasteiger partial charge in [-0.1, -0.05) is 24.4 Å². The van der Waals surface area contributed by atoms with Crippen LogP contribution in [0.2, 0.25) is 5.02 Å². The Bertz CT molecular complexity index is 364. The highest BCUT2D eigenvalue weighted by Gasteiger charge is 2.32. The number of nitrogens with zero attached hydrogens (tertiary/aromatic N) is 1. The maximum Gasteiger partial charge on any atom is 0.0634 e. The first kappa shape index (κ1) is 13.2. The molecule has 4 heteroatoms. The molecule has 1 aromatic rings. The van der Waals surface area contributed by atoms with E-state index in [4.69, 9.17) is 11.6 Å². The van der Waals surface area contributed by atoms with Crippen molar-refractivity contribution in [2.45, 2.75) is 37.0 Å². The van der Waals surface area contributed by atoms with Crippen LogP contribution in [0.25, 0.3) is 0 Å². The number of nitrogens with one attached hydrogen (secondary N) is 1. The van der Waals surface area contributed by atoms with Gasteiger partial charge in [0.15, 0.2) is 0 Å². The molecule has 1 heterocycles. The zero-order valence-corrected chi connectivity index (χ0v) is 11.8. The summed E-state index contributed by atoms with van der Waals surface area (Å²) in [6, 6.07) is 1.98. The van der Waals surface area contributed by atoms with Gasteiger partial charge in [-0.05, 0) is 30.7 Å². The standard InChI is InChI=1S/C13H19ClN2S/c1-17-13(5-2-3-6-13)10-16-8-11-4-7-15-9-12(11)14/h4,7,9,16H,2-3,5-6,8,10H2,1H3. The molecule has 0 aromatic carbocycles. The molecule has 1 aliphatic carbocycles. The molecule has 0 spiro atoms. The average molecular weight is 271 g/mol. The molecule has 0 radical (unpaired) electrons. The first-order chi connectivity index (χ1) is 8.26. The predicted molar refractivity (Wildman–Crippen MR) is 75.7 cm³/mol. The van der Waals surface area contributed by atoms with Gasteiger partial charge in [-0.3, -0.25) is 4.98 Å². The number of thioether (sulfide) groups is 1. The van der Waals surface area contributed by atoms with Gasteiger partial charge in [-0.15, -0.1) is 0 Å². The Labute approximate surface area is 113 Å². The highest BCUT2D eigenvalue weighted by Crippen LogP contribution is 2.39. The van der Waals surface area contributed by atoms with Crippen molar-refractivity contribution < 1.29 is 0 Å². The fourth-order valence-electron chi connectivity index (χ4n) is 2.44. The third-order valence-electron chi connectivity index (χ3n) is 3.57. The molecule has 2 nitrogen and oxygen atoms in total. The van der Waals surface area contributed by atoms with Gasteiger partial charge in [0.05, 0.1) is 5.02 Å². The van der Waals surface area contributed by atoms with Gasteiger partial charge in [0.2, 0.25) is 0 Å². The van der Waals surface area contributed by atoms with Gasteiger partial charge < -0.3 is 5.32 Å². The van der Waals surface area contributed by atoms with E-state index >= 15 is 0 Å². The predicted octanol–water partition coefficient (Wildman–Crippen LogP) is 3.50. The molecule has 1 aliphatic rings. The zero-order valence-electron chi connectivity index (χ0n) is 10.2. The highest BCUT2D eigenvalue weighted by molar-refractivity contribution is 8.00. The highest BCUT2D eigenvalue weighted by atomic mass is 35.5. The molecule has 0 bridgehead atoms. The van der Waals surface area contributed by atoms with Gasteiger partial charge in [0.1, 0.15) is 0 Å². The van der Waals surface area contributed by atoms with Crippen molar-refractivity contribution in [1.29, 1.82) is 0 Å². The smallest absolute Gasteiger partial charge is 0.0634 e. The molecule has 1 aromatic heterocycles. The minimum atomic E-state index is 0.458. The van der Waals surface area contributed by atoms with Crippen LogP contribution in [0.5, 0.6) is 0 Å². The number of hydrogen-bond donors (Lipinski definition) is 1. The maximum atomic E-state index is 6.08. The Morgan fingerprint density at radius 3 is 2.88 bits per heavy atom. The van der Waals surface area contributed by atoms with Gasteiger partial charge in [-0.2, -0.15) is 11.8 Å². The molecule has 94 valence electrons. The summed E-state index contributed by atoms with van der Waals surface area (Å²) in [5, 5.41) is 4.30. The van der Waals surface area contributed by atoms with Crippen LogP contribution in [0, 0.1) is 0 Å². The van der Waals surface area contributed by atoms with Crippen molar-refractivity contribution in [2.24, 2.45) is 0 Å². The molecule has 1 N–H and O–H groups in total. The van der Waals surface area contributed by atoms with Gasteiger partial charge >= 0.3 is 0 Å². The SMILES string of the molecule is CSC1(CNCc2ccncc2Cl)CCCC1. The number of pyridine rings is 1. The lowest BCUT2D eigenvalue weighted by molar-refractivity contribution is 0.533. The molecule has 1 fully saturated rings. The molecule has 0 atom stereocenters. The lowest BCUT2D eigenvalue weighted by Crippen LogP contribution is -2.34. The largest absolute Gasteiger partial charge is 0.311 e. The minimum absolute atomic E-state index is 0.458. The molecular formula is C13H19ClN2S. The third kappa shape index (κ3) is 3.36. The molecule has 0 unspecified atom stereocenters. The van der Waals surface area contributed by atoms with E-state index in [1.54, 1.807) is 12.4 Å². The number of aromatic nitrogens is 1. The minimum Gasteiger partial charge on any atom is -0.311 e. The quantitative estimate of drug-likeness (QED) is 0.886. The van der Waals surface area contributed by atoms with E-state index in [0.717, 1.165) is 23.7 Å². The van der Waals surface area contributed by atoms with E-state index < -0.39 is 0 Å². The normalized spacial score (nSPS) is 18.5. The summed E-state index contributed by atoms with van der Waals surface area (Å²) >= 11 is 8.09. The van der Waals surface area contributed by atoms with Crippen LogP contribution in [-0.2, 0) is 6.54 Å². The summed E-state index contributed by atoms with van der Waals surface area (Å²) in [6.45, 7) is 1.91. The molecular weight excluding hydrogens is 252 g/mol. The first-order valence-corrected chi connectivity index (χ1v) is 7.70. The summed E-state index contributed by atoms with van der Waals surface area (Å²) in [7, 11) is 0. The van der Waals surface area contributed by atoms with Crippen LogP contribution >= 0.6 is 23.4 Å². The lowest BCUT2D eigenvalue weighted by Gasteiger charge is -2.27. The van der Waals surface area contributed by atoms with Gasteiger partial charge in [0.25, 0.3) is 0 Å². The lowest BCUT2D eigenvalue weighted by atomic mass is 10.1. The van der Waals surface area contributed by atoms with E-state index in [9.17, 15) is 0 Å². The molecule has 1 saturated carbocycles. The summed E-state index contributed by atoms with van der Waals surface area (Å²) in [6.07, 6.45) is 11.2. The first-order valence-electron chi connectivity index (χ1n) is 6.10. The Kier molecular flexibility index (Phi) is 4.71. The Morgan fingerprint density at radius 1 is 1.47 bits per heavy atom. The van der Waals surface area contributed by atoms with Crippen molar-refractivity contribution in [1.82, 2.24) is 10.3 Å². The second-order valence-electron chi connectivity index (χ2n) is 4.66. The average Bonchev–Trinajstić information content (AvgIpc) is 2.81. The van der Waals surface area contributed by atoms with Crippen molar-refractivity contribution in [2.75, 3.05) is 12.8 Å². The van der Waals surface area contributed by atoms with E-state index in [1.807, 2.05) is 17.8 Å². The van der Waals surface area contributed by atoms with Crippen LogP contribution in [0.4, 0.5) is 0 Å². The van der Waals surface area contributed by atoms with E-state index in [0.29, 0.717) is 4.75 Å². The zero-order chi connectivity index (χ0) is 12.1. The summed E-state index contributed by atoms with van der Waals surface area (Å²) in [4.78, 5) is 4.00. The van der Waals surface area contributed by atoms with Crippen molar-refractivity contribution in [3.8, 4) is 0 Å². The van der Waals surface area contributed by atoms with Crippen LogP contribution in [0.1, 0.15) is 31.2 Å². The summed E-state index contributed by atoms with van der Waals surface area (Å²) < 4.78 is 0.458. The van der Waals surface area contributed by atoms with Crippen LogP contribution < -0.4 is 5.32 Å². The fourth-order valence-corrected chi connectivity index (χ4v) is 3.57. The van der Waals surface area contributed by atoms with E-state index in [1.165, 1.54) is 25.7 Å². The Balaban J connectivity index is 1.85. The molecule has 0 amide bonds. The van der Waals surface area contributed by atoms with E-state index in [-0.39, 0.29) is 0 Å². The summed E-state index contributed by atoms with van der Waals surface area (Å²) in [5.74, 6) is 0. The number of hydrogen-bond acceptors (Lipinski definition) is 3. The monoisotopic (exact) mass is 270 g/mol.